The van der Waals surface area contributed by atoms with Crippen LogP contribution in [0.5, 0.6) is 0 Å². The van der Waals surface area contributed by atoms with Gasteiger partial charge < -0.3 is 0 Å². The first-order valence-electron chi connectivity index (χ1n) is 7.80. The van der Waals surface area contributed by atoms with Crippen LogP contribution in [0.15, 0.2) is 43.0 Å². The summed E-state index contributed by atoms with van der Waals surface area (Å²) in [6.07, 6.45) is 6.69. The molecule has 0 atom stereocenters. The summed E-state index contributed by atoms with van der Waals surface area (Å²) in [4.78, 5) is 20.6. The number of aromatic nitrogens is 2. The first-order chi connectivity index (χ1) is 10.4. The fourth-order valence-corrected chi connectivity index (χ4v) is 2.42. The maximum Gasteiger partial charge on any atom is 0.142 e. The van der Waals surface area contributed by atoms with Crippen LogP contribution < -0.4 is 0 Å². The SMILES string of the molecule is CC(C)CCC(=O)C(C)(C)c1ccc(-c2cncnc2)cc1. The lowest BCUT2D eigenvalue weighted by Gasteiger charge is -2.24. The van der Waals surface area contributed by atoms with Crippen molar-refractivity contribution in [2.75, 3.05) is 0 Å². The van der Waals surface area contributed by atoms with E-state index in [0.29, 0.717) is 18.1 Å². The van der Waals surface area contributed by atoms with E-state index in [2.05, 4.69) is 23.8 Å². The molecule has 0 radical (unpaired) electrons. The third-order valence-electron chi connectivity index (χ3n) is 4.15. The molecule has 0 unspecified atom stereocenters. The zero-order chi connectivity index (χ0) is 16.2. The van der Waals surface area contributed by atoms with Gasteiger partial charge in [-0.3, -0.25) is 4.79 Å². The molecule has 3 heteroatoms. The molecule has 0 amide bonds. The topological polar surface area (TPSA) is 42.9 Å². The molecule has 1 aromatic heterocycles. The molecule has 0 saturated heterocycles. The smallest absolute Gasteiger partial charge is 0.142 e. The Morgan fingerprint density at radius 3 is 2.18 bits per heavy atom. The van der Waals surface area contributed by atoms with Gasteiger partial charge in [-0.25, -0.2) is 9.97 Å². The van der Waals surface area contributed by atoms with E-state index in [0.717, 1.165) is 23.1 Å². The normalized spacial score (nSPS) is 11.7. The Balaban J connectivity index is 2.17. The molecule has 0 aliphatic heterocycles. The minimum atomic E-state index is -0.444. The first-order valence-corrected chi connectivity index (χ1v) is 7.80. The number of carbonyl (C=O) groups is 1. The molecule has 0 saturated carbocycles. The highest BCUT2D eigenvalue weighted by molar-refractivity contribution is 5.89. The number of Topliss-reactive ketones (excluding diaryl/α,β-unsaturated/α-hetero) is 1. The second-order valence-electron chi connectivity index (χ2n) is 6.69. The summed E-state index contributed by atoms with van der Waals surface area (Å²) in [6, 6.07) is 8.14. The summed E-state index contributed by atoms with van der Waals surface area (Å²) in [5.74, 6) is 0.859. The Kier molecular flexibility index (Phi) is 5.07. The Hall–Kier alpha value is -2.03. The third kappa shape index (κ3) is 3.79. The Labute approximate surface area is 132 Å². The summed E-state index contributed by atoms with van der Waals surface area (Å²) < 4.78 is 0. The standard InChI is InChI=1S/C19H24N2O/c1-14(2)5-10-18(22)19(3,4)17-8-6-15(7-9-17)16-11-20-13-21-12-16/h6-9,11-14H,5,10H2,1-4H3. The van der Waals surface area contributed by atoms with Gasteiger partial charge in [0.2, 0.25) is 0 Å². The molecule has 116 valence electrons. The zero-order valence-corrected chi connectivity index (χ0v) is 13.8. The van der Waals surface area contributed by atoms with Gasteiger partial charge in [-0.15, -0.1) is 0 Å². The minimum Gasteiger partial charge on any atom is -0.299 e. The van der Waals surface area contributed by atoms with Crippen molar-refractivity contribution in [2.24, 2.45) is 5.92 Å². The maximum atomic E-state index is 12.5. The first kappa shape index (κ1) is 16.3. The second-order valence-corrected chi connectivity index (χ2v) is 6.69. The molecule has 1 heterocycles. The van der Waals surface area contributed by atoms with Crippen molar-refractivity contribution in [1.82, 2.24) is 9.97 Å². The van der Waals surface area contributed by atoms with Gasteiger partial charge in [-0.1, -0.05) is 38.1 Å². The molecule has 0 aliphatic rings. The Bertz CT molecular complexity index is 616. The average molecular weight is 296 g/mol. The lowest BCUT2D eigenvalue weighted by molar-refractivity contribution is -0.123. The molecule has 2 aromatic rings. The van der Waals surface area contributed by atoms with E-state index in [1.807, 2.05) is 38.1 Å². The van der Waals surface area contributed by atoms with E-state index in [4.69, 9.17) is 0 Å². The van der Waals surface area contributed by atoms with Gasteiger partial charge in [-0.05, 0) is 37.3 Å². The highest BCUT2D eigenvalue weighted by Gasteiger charge is 2.29. The van der Waals surface area contributed by atoms with Crippen molar-refractivity contribution in [3.05, 3.63) is 48.5 Å². The quantitative estimate of drug-likeness (QED) is 0.792. The molecule has 0 aliphatic carbocycles. The molecular weight excluding hydrogens is 272 g/mol. The number of benzene rings is 1. The monoisotopic (exact) mass is 296 g/mol. The largest absolute Gasteiger partial charge is 0.299 e. The van der Waals surface area contributed by atoms with E-state index in [9.17, 15) is 4.79 Å². The van der Waals surface area contributed by atoms with Crippen LogP contribution >= 0.6 is 0 Å². The Morgan fingerprint density at radius 1 is 1.05 bits per heavy atom. The highest BCUT2D eigenvalue weighted by atomic mass is 16.1. The lowest BCUT2D eigenvalue weighted by Crippen LogP contribution is -2.29. The second kappa shape index (κ2) is 6.82. The van der Waals surface area contributed by atoms with Crippen LogP contribution in [0.25, 0.3) is 11.1 Å². The van der Waals surface area contributed by atoms with E-state index in [1.165, 1.54) is 6.33 Å². The van der Waals surface area contributed by atoms with Crippen molar-refractivity contribution in [2.45, 2.75) is 46.0 Å². The highest BCUT2D eigenvalue weighted by Crippen LogP contribution is 2.29. The summed E-state index contributed by atoms with van der Waals surface area (Å²) in [6.45, 7) is 8.32. The zero-order valence-electron chi connectivity index (χ0n) is 13.8. The van der Waals surface area contributed by atoms with Gasteiger partial charge in [0.05, 0.1) is 0 Å². The average Bonchev–Trinajstić information content (AvgIpc) is 2.53. The van der Waals surface area contributed by atoms with E-state index in [-0.39, 0.29) is 0 Å². The van der Waals surface area contributed by atoms with Gasteiger partial charge in [0, 0.05) is 29.8 Å². The summed E-state index contributed by atoms with van der Waals surface area (Å²) >= 11 is 0. The van der Waals surface area contributed by atoms with Crippen molar-refractivity contribution >= 4 is 5.78 Å². The van der Waals surface area contributed by atoms with Gasteiger partial charge in [0.25, 0.3) is 0 Å². The molecule has 0 spiro atoms. The molecule has 0 N–H and O–H groups in total. The van der Waals surface area contributed by atoms with Gasteiger partial charge in [-0.2, -0.15) is 0 Å². The lowest BCUT2D eigenvalue weighted by atomic mass is 9.78. The minimum absolute atomic E-state index is 0.303. The van der Waals surface area contributed by atoms with Crippen LogP contribution in [0, 0.1) is 5.92 Å². The van der Waals surface area contributed by atoms with Crippen molar-refractivity contribution < 1.29 is 4.79 Å². The van der Waals surface area contributed by atoms with Crippen LogP contribution in [-0.2, 0) is 10.2 Å². The van der Waals surface area contributed by atoms with E-state index in [1.54, 1.807) is 12.4 Å². The van der Waals surface area contributed by atoms with Gasteiger partial charge in [0.1, 0.15) is 12.1 Å². The predicted molar refractivity (Wildman–Crippen MR) is 89.6 cm³/mol. The molecule has 1 aromatic carbocycles. The van der Waals surface area contributed by atoms with Crippen molar-refractivity contribution in [3.63, 3.8) is 0 Å². The van der Waals surface area contributed by atoms with Crippen LogP contribution in [0.1, 0.15) is 46.1 Å². The number of carbonyl (C=O) groups excluding carboxylic acids is 1. The van der Waals surface area contributed by atoms with Gasteiger partial charge >= 0.3 is 0 Å². The van der Waals surface area contributed by atoms with Crippen LogP contribution in [0.3, 0.4) is 0 Å². The fraction of sp³-hybridized carbons (Fsp3) is 0.421. The number of rotatable bonds is 6. The molecule has 0 fully saturated rings. The molecule has 0 bridgehead atoms. The van der Waals surface area contributed by atoms with Crippen LogP contribution in [-0.4, -0.2) is 15.8 Å². The van der Waals surface area contributed by atoms with Crippen molar-refractivity contribution in [1.29, 1.82) is 0 Å². The van der Waals surface area contributed by atoms with Crippen LogP contribution in [0.2, 0.25) is 0 Å². The van der Waals surface area contributed by atoms with E-state index < -0.39 is 5.41 Å². The fourth-order valence-electron chi connectivity index (χ4n) is 2.42. The summed E-state index contributed by atoms with van der Waals surface area (Å²) in [5.41, 5.74) is 2.66. The molecule has 3 nitrogen and oxygen atoms in total. The molecule has 2 rings (SSSR count). The number of ketones is 1. The summed E-state index contributed by atoms with van der Waals surface area (Å²) in [5, 5.41) is 0. The van der Waals surface area contributed by atoms with Crippen LogP contribution in [0.4, 0.5) is 0 Å². The third-order valence-corrected chi connectivity index (χ3v) is 4.15. The number of hydrogen-bond acceptors (Lipinski definition) is 3. The molecular formula is C19H24N2O. The van der Waals surface area contributed by atoms with Crippen molar-refractivity contribution in [3.8, 4) is 11.1 Å². The predicted octanol–water partition coefficient (Wildman–Crippen LogP) is 4.43. The summed E-state index contributed by atoms with van der Waals surface area (Å²) in [7, 11) is 0. The van der Waals surface area contributed by atoms with E-state index >= 15 is 0 Å². The van der Waals surface area contributed by atoms with Gasteiger partial charge in [0.15, 0.2) is 0 Å². The maximum absolute atomic E-state index is 12.5. The number of nitrogens with zero attached hydrogens (tertiary/aromatic N) is 2. The number of hydrogen-bond donors (Lipinski definition) is 0. The molecule has 22 heavy (non-hydrogen) atoms. The Morgan fingerprint density at radius 2 is 1.64 bits per heavy atom.